The van der Waals surface area contributed by atoms with Gasteiger partial charge >= 0.3 is 0 Å². The molecule has 94 valence electrons. The van der Waals surface area contributed by atoms with Gasteiger partial charge in [0, 0.05) is 23.4 Å². The van der Waals surface area contributed by atoms with Crippen LogP contribution in [0.5, 0.6) is 0 Å². The highest BCUT2D eigenvalue weighted by atomic mass is 32.2. The Morgan fingerprint density at radius 1 is 1.44 bits per heavy atom. The number of nitrogens with zero attached hydrogens (tertiary/aromatic N) is 2. The quantitative estimate of drug-likeness (QED) is 0.833. The van der Waals surface area contributed by atoms with Gasteiger partial charge in [0.1, 0.15) is 11.5 Å². The molecule has 2 heterocycles. The second-order valence-electron chi connectivity index (χ2n) is 3.68. The van der Waals surface area contributed by atoms with Crippen LogP contribution in [-0.4, -0.2) is 21.8 Å². The van der Waals surface area contributed by atoms with E-state index in [1.165, 1.54) is 11.8 Å². The van der Waals surface area contributed by atoms with Crippen LogP contribution in [0.25, 0.3) is 0 Å². The zero-order chi connectivity index (χ0) is 12.8. The Hall–Kier alpha value is -1.82. The minimum absolute atomic E-state index is 0.0301. The van der Waals surface area contributed by atoms with E-state index in [9.17, 15) is 4.79 Å². The number of rotatable bonds is 5. The van der Waals surface area contributed by atoms with Crippen molar-refractivity contribution in [1.82, 2.24) is 15.5 Å². The summed E-state index contributed by atoms with van der Waals surface area (Å²) in [6, 6.07) is 5.55. The van der Waals surface area contributed by atoms with Gasteiger partial charge in [-0.2, -0.15) is 0 Å². The van der Waals surface area contributed by atoms with E-state index in [2.05, 4.69) is 15.5 Å². The van der Waals surface area contributed by atoms with Gasteiger partial charge in [-0.1, -0.05) is 5.16 Å². The number of hydrogen-bond donors (Lipinski definition) is 1. The summed E-state index contributed by atoms with van der Waals surface area (Å²) in [4.78, 5) is 16.5. The van der Waals surface area contributed by atoms with Crippen molar-refractivity contribution >= 4 is 17.7 Å². The zero-order valence-electron chi connectivity index (χ0n) is 9.92. The van der Waals surface area contributed by atoms with Crippen molar-refractivity contribution in [3.8, 4) is 0 Å². The van der Waals surface area contributed by atoms with Crippen LogP contribution in [0.1, 0.15) is 11.5 Å². The molecule has 18 heavy (non-hydrogen) atoms. The van der Waals surface area contributed by atoms with E-state index in [4.69, 9.17) is 4.52 Å². The topological polar surface area (TPSA) is 68.0 Å². The molecule has 2 aromatic rings. The standard InChI is InChI=1S/C12H13N3O2S/c1-9-6-10(15-17-9)7-14-12(16)8-18-11-2-4-13-5-3-11/h2-6H,7-8H2,1H3,(H,14,16). The van der Waals surface area contributed by atoms with Gasteiger partial charge < -0.3 is 9.84 Å². The third-order valence-corrected chi connectivity index (χ3v) is 3.18. The minimum Gasteiger partial charge on any atom is -0.361 e. The number of hydrogen-bond acceptors (Lipinski definition) is 5. The smallest absolute Gasteiger partial charge is 0.230 e. The molecule has 6 heteroatoms. The van der Waals surface area contributed by atoms with Crippen molar-refractivity contribution in [2.45, 2.75) is 18.4 Å². The number of pyridine rings is 1. The fraction of sp³-hybridized carbons (Fsp3) is 0.250. The fourth-order valence-corrected chi connectivity index (χ4v) is 2.04. The average molecular weight is 263 g/mol. The summed E-state index contributed by atoms with van der Waals surface area (Å²) >= 11 is 1.47. The largest absolute Gasteiger partial charge is 0.361 e. The van der Waals surface area contributed by atoms with Crippen LogP contribution in [0.3, 0.4) is 0 Å². The summed E-state index contributed by atoms with van der Waals surface area (Å²) in [5.74, 6) is 1.09. The molecule has 0 saturated heterocycles. The molecule has 0 atom stereocenters. The number of aromatic nitrogens is 2. The lowest BCUT2D eigenvalue weighted by Crippen LogP contribution is -2.24. The highest BCUT2D eigenvalue weighted by molar-refractivity contribution is 8.00. The monoisotopic (exact) mass is 263 g/mol. The highest BCUT2D eigenvalue weighted by Gasteiger charge is 2.05. The van der Waals surface area contributed by atoms with Gasteiger partial charge in [0.25, 0.3) is 0 Å². The van der Waals surface area contributed by atoms with Crippen LogP contribution in [0.15, 0.2) is 40.0 Å². The van der Waals surface area contributed by atoms with Crippen molar-refractivity contribution in [3.63, 3.8) is 0 Å². The van der Waals surface area contributed by atoms with Crippen molar-refractivity contribution < 1.29 is 9.32 Å². The van der Waals surface area contributed by atoms with Gasteiger partial charge in [-0.15, -0.1) is 11.8 Å². The Kier molecular flexibility index (Phi) is 4.35. The average Bonchev–Trinajstić information content (AvgIpc) is 2.81. The maximum atomic E-state index is 11.6. The number of carbonyl (C=O) groups excluding carboxylic acids is 1. The first-order valence-corrected chi connectivity index (χ1v) is 6.44. The van der Waals surface area contributed by atoms with E-state index in [1.54, 1.807) is 18.5 Å². The number of aryl methyl sites for hydroxylation is 1. The van der Waals surface area contributed by atoms with E-state index in [-0.39, 0.29) is 5.91 Å². The molecule has 2 rings (SSSR count). The van der Waals surface area contributed by atoms with E-state index >= 15 is 0 Å². The third kappa shape index (κ3) is 3.89. The second kappa shape index (κ2) is 6.20. The predicted molar refractivity (Wildman–Crippen MR) is 68.0 cm³/mol. The van der Waals surface area contributed by atoms with E-state index in [0.29, 0.717) is 12.3 Å². The van der Waals surface area contributed by atoms with Crippen LogP contribution in [0.2, 0.25) is 0 Å². The summed E-state index contributed by atoms with van der Waals surface area (Å²) in [5, 5.41) is 6.59. The molecule has 0 unspecified atom stereocenters. The molecule has 2 aromatic heterocycles. The molecule has 0 spiro atoms. The van der Waals surface area contributed by atoms with Gasteiger partial charge in [-0.25, -0.2) is 0 Å². The minimum atomic E-state index is -0.0301. The molecule has 1 amide bonds. The first-order valence-electron chi connectivity index (χ1n) is 5.46. The summed E-state index contributed by atoms with van der Waals surface area (Å²) < 4.78 is 4.91. The Labute approximate surface area is 109 Å². The maximum Gasteiger partial charge on any atom is 0.230 e. The number of carbonyl (C=O) groups is 1. The van der Waals surface area contributed by atoms with E-state index < -0.39 is 0 Å². The molecule has 1 N–H and O–H groups in total. The van der Waals surface area contributed by atoms with Gasteiger partial charge in [-0.05, 0) is 19.1 Å². The van der Waals surface area contributed by atoms with Crippen molar-refractivity contribution in [1.29, 1.82) is 0 Å². The third-order valence-electron chi connectivity index (χ3n) is 2.16. The predicted octanol–water partition coefficient (Wildman–Crippen LogP) is 1.79. The Morgan fingerprint density at radius 3 is 2.89 bits per heavy atom. The van der Waals surface area contributed by atoms with Crippen molar-refractivity contribution in [3.05, 3.63) is 42.0 Å². The van der Waals surface area contributed by atoms with Crippen LogP contribution in [0.4, 0.5) is 0 Å². The Balaban J connectivity index is 1.73. The molecule has 5 nitrogen and oxygen atoms in total. The zero-order valence-corrected chi connectivity index (χ0v) is 10.7. The number of thioether (sulfide) groups is 1. The Morgan fingerprint density at radius 2 is 2.22 bits per heavy atom. The molecule has 0 aliphatic carbocycles. The van der Waals surface area contributed by atoms with Crippen molar-refractivity contribution in [2.75, 3.05) is 5.75 Å². The normalized spacial score (nSPS) is 10.3. The molecule has 0 bridgehead atoms. The maximum absolute atomic E-state index is 11.6. The molecule has 0 aromatic carbocycles. The molecule has 0 aliphatic heterocycles. The van der Waals surface area contributed by atoms with E-state index in [0.717, 1.165) is 16.3 Å². The Bertz CT molecular complexity index is 513. The summed E-state index contributed by atoms with van der Waals surface area (Å²) in [6.45, 7) is 2.21. The van der Waals surface area contributed by atoms with Crippen LogP contribution >= 0.6 is 11.8 Å². The van der Waals surface area contributed by atoms with Gasteiger partial charge in [0.2, 0.25) is 5.91 Å². The molecule has 0 aliphatic rings. The second-order valence-corrected chi connectivity index (χ2v) is 4.73. The summed E-state index contributed by atoms with van der Waals surface area (Å²) in [5.41, 5.74) is 0.731. The molecular formula is C12H13N3O2S. The van der Waals surface area contributed by atoms with Crippen LogP contribution in [0, 0.1) is 6.92 Å². The molecule has 0 saturated carbocycles. The van der Waals surface area contributed by atoms with Crippen molar-refractivity contribution in [2.24, 2.45) is 0 Å². The SMILES string of the molecule is Cc1cc(CNC(=O)CSc2ccncc2)no1. The lowest BCUT2D eigenvalue weighted by molar-refractivity contribution is -0.118. The molecule has 0 fully saturated rings. The van der Waals surface area contributed by atoms with E-state index in [1.807, 2.05) is 19.1 Å². The first-order chi connectivity index (χ1) is 8.74. The highest BCUT2D eigenvalue weighted by Crippen LogP contribution is 2.15. The summed E-state index contributed by atoms with van der Waals surface area (Å²) in [7, 11) is 0. The van der Waals surface area contributed by atoms with Gasteiger partial charge in [-0.3, -0.25) is 9.78 Å². The lowest BCUT2D eigenvalue weighted by atomic mass is 10.4. The number of amides is 1. The molecular weight excluding hydrogens is 250 g/mol. The van der Waals surface area contributed by atoms with Gasteiger partial charge in [0.05, 0.1) is 12.3 Å². The lowest BCUT2D eigenvalue weighted by Gasteiger charge is -2.02. The fourth-order valence-electron chi connectivity index (χ4n) is 1.32. The van der Waals surface area contributed by atoms with Crippen LogP contribution < -0.4 is 5.32 Å². The molecule has 0 radical (unpaired) electrons. The first kappa shape index (κ1) is 12.6. The van der Waals surface area contributed by atoms with Crippen LogP contribution in [-0.2, 0) is 11.3 Å². The number of nitrogens with one attached hydrogen (secondary N) is 1. The van der Waals surface area contributed by atoms with Gasteiger partial charge in [0.15, 0.2) is 0 Å². The summed E-state index contributed by atoms with van der Waals surface area (Å²) in [6.07, 6.45) is 3.41.